The molecule has 2 fully saturated rings. The lowest BCUT2D eigenvalue weighted by atomic mass is 9.75. The van der Waals surface area contributed by atoms with E-state index in [1.165, 1.54) is 37.7 Å². The number of piperidine rings is 1. The van der Waals surface area contributed by atoms with Crippen LogP contribution < -0.4 is 10.6 Å². The topological polar surface area (TPSA) is 61.9 Å². The van der Waals surface area contributed by atoms with Crippen LogP contribution in [-0.4, -0.2) is 24.1 Å². The maximum absolute atomic E-state index is 9.01. The molecular weight excluding hydrogens is 262 g/mol. The average molecular weight is 287 g/mol. The molecule has 21 heavy (non-hydrogen) atoms. The van der Waals surface area contributed by atoms with Gasteiger partial charge in [0.1, 0.15) is 0 Å². The number of hydrogen-bond acceptors (Lipinski definition) is 3. The first-order valence-electron chi connectivity index (χ1n) is 8.02. The SMILES string of the molecule is Cc1ccc(C(N)=NO)c(N2CCC3CCCCC3C2)c1. The van der Waals surface area contributed by atoms with Crippen molar-refractivity contribution in [3.8, 4) is 0 Å². The predicted octanol–water partition coefficient (Wildman–Crippen LogP) is 3.11. The van der Waals surface area contributed by atoms with Gasteiger partial charge in [0.25, 0.3) is 0 Å². The lowest BCUT2D eigenvalue weighted by Crippen LogP contribution is -2.42. The summed E-state index contributed by atoms with van der Waals surface area (Å²) in [6, 6.07) is 6.15. The maximum Gasteiger partial charge on any atom is 0.172 e. The van der Waals surface area contributed by atoms with Crippen LogP contribution in [0.1, 0.15) is 43.2 Å². The minimum atomic E-state index is 0.204. The van der Waals surface area contributed by atoms with Crippen molar-refractivity contribution < 1.29 is 5.21 Å². The van der Waals surface area contributed by atoms with Crippen molar-refractivity contribution in [2.24, 2.45) is 22.7 Å². The van der Waals surface area contributed by atoms with Gasteiger partial charge in [-0.3, -0.25) is 0 Å². The molecule has 0 radical (unpaired) electrons. The molecular formula is C17H25N3O. The van der Waals surface area contributed by atoms with Crippen molar-refractivity contribution in [1.29, 1.82) is 0 Å². The number of fused-ring (bicyclic) bond motifs is 1. The molecule has 114 valence electrons. The fourth-order valence-corrected chi connectivity index (χ4v) is 3.99. The van der Waals surface area contributed by atoms with Gasteiger partial charge in [-0.2, -0.15) is 0 Å². The van der Waals surface area contributed by atoms with Gasteiger partial charge in [0.05, 0.1) is 0 Å². The number of benzene rings is 1. The second kappa shape index (κ2) is 5.96. The molecule has 0 spiro atoms. The Hall–Kier alpha value is -1.71. The Kier molecular flexibility index (Phi) is 4.04. The normalized spacial score (nSPS) is 26.5. The monoisotopic (exact) mass is 287 g/mol. The van der Waals surface area contributed by atoms with Gasteiger partial charge in [-0.05, 0) is 49.3 Å². The van der Waals surface area contributed by atoms with Crippen molar-refractivity contribution in [1.82, 2.24) is 0 Å². The van der Waals surface area contributed by atoms with Gasteiger partial charge in [-0.1, -0.05) is 30.5 Å². The summed E-state index contributed by atoms with van der Waals surface area (Å²) in [7, 11) is 0. The Labute approximate surface area is 126 Å². The van der Waals surface area contributed by atoms with Crippen LogP contribution in [0.3, 0.4) is 0 Å². The average Bonchev–Trinajstić information content (AvgIpc) is 2.53. The largest absolute Gasteiger partial charge is 0.409 e. The molecule has 2 unspecified atom stereocenters. The molecule has 1 aromatic carbocycles. The molecule has 1 aliphatic carbocycles. The van der Waals surface area contributed by atoms with Gasteiger partial charge in [-0.25, -0.2) is 0 Å². The molecule has 0 amide bonds. The third-order valence-electron chi connectivity index (χ3n) is 5.17. The summed E-state index contributed by atoms with van der Waals surface area (Å²) in [5.41, 5.74) is 9.03. The summed E-state index contributed by atoms with van der Waals surface area (Å²) < 4.78 is 0. The molecule has 1 aliphatic heterocycles. The smallest absolute Gasteiger partial charge is 0.172 e. The van der Waals surface area contributed by atoms with Crippen molar-refractivity contribution in [2.45, 2.75) is 39.0 Å². The molecule has 3 N–H and O–H groups in total. The number of nitrogens with zero attached hydrogens (tertiary/aromatic N) is 2. The molecule has 1 aromatic rings. The lowest BCUT2D eigenvalue weighted by molar-refractivity contribution is 0.202. The van der Waals surface area contributed by atoms with E-state index in [2.05, 4.69) is 23.0 Å². The highest BCUT2D eigenvalue weighted by Crippen LogP contribution is 2.38. The van der Waals surface area contributed by atoms with Crippen LogP contribution >= 0.6 is 0 Å². The van der Waals surface area contributed by atoms with Crippen molar-refractivity contribution in [2.75, 3.05) is 18.0 Å². The van der Waals surface area contributed by atoms with Crippen molar-refractivity contribution >= 4 is 11.5 Å². The fourth-order valence-electron chi connectivity index (χ4n) is 3.99. The van der Waals surface area contributed by atoms with Gasteiger partial charge in [0.15, 0.2) is 5.84 Å². The standard InChI is InChI=1S/C17H25N3O/c1-12-6-7-15(17(18)19-21)16(10-12)20-9-8-13-4-2-3-5-14(13)11-20/h6-7,10,13-14,21H,2-5,8-9,11H2,1H3,(H2,18,19). The molecule has 4 heteroatoms. The van der Waals surface area contributed by atoms with Gasteiger partial charge in [-0.15, -0.1) is 0 Å². The molecule has 1 heterocycles. The Morgan fingerprint density at radius 2 is 2.00 bits per heavy atom. The number of rotatable bonds is 2. The minimum Gasteiger partial charge on any atom is -0.409 e. The zero-order valence-electron chi connectivity index (χ0n) is 12.8. The molecule has 0 aromatic heterocycles. The Balaban J connectivity index is 1.87. The quantitative estimate of drug-likeness (QED) is 0.380. The number of nitrogens with two attached hydrogens (primary N) is 1. The van der Waals surface area contributed by atoms with E-state index in [0.717, 1.165) is 36.2 Å². The van der Waals surface area contributed by atoms with Crippen LogP contribution in [0.15, 0.2) is 23.4 Å². The summed E-state index contributed by atoms with van der Waals surface area (Å²) in [5, 5.41) is 12.2. The fraction of sp³-hybridized carbons (Fsp3) is 0.588. The number of oxime groups is 1. The summed E-state index contributed by atoms with van der Waals surface area (Å²) >= 11 is 0. The highest BCUT2D eigenvalue weighted by Gasteiger charge is 2.32. The number of anilines is 1. The van der Waals surface area contributed by atoms with Gasteiger partial charge >= 0.3 is 0 Å². The highest BCUT2D eigenvalue weighted by atomic mass is 16.4. The van der Waals surface area contributed by atoms with Crippen LogP contribution in [0.2, 0.25) is 0 Å². The molecule has 0 bridgehead atoms. The third-order valence-corrected chi connectivity index (χ3v) is 5.17. The Bertz CT molecular complexity index is 541. The first kappa shape index (κ1) is 14.2. The van der Waals surface area contributed by atoms with Crippen molar-refractivity contribution in [3.63, 3.8) is 0 Å². The van der Waals surface area contributed by atoms with Crippen LogP contribution in [-0.2, 0) is 0 Å². The van der Waals surface area contributed by atoms with E-state index in [4.69, 9.17) is 10.9 Å². The zero-order valence-corrected chi connectivity index (χ0v) is 12.8. The van der Waals surface area contributed by atoms with E-state index in [1.54, 1.807) is 0 Å². The van der Waals surface area contributed by atoms with Crippen LogP contribution in [0.25, 0.3) is 0 Å². The summed E-state index contributed by atoms with van der Waals surface area (Å²) in [5.74, 6) is 1.93. The van der Waals surface area contributed by atoms with E-state index in [9.17, 15) is 0 Å². The first-order valence-corrected chi connectivity index (χ1v) is 8.02. The molecule has 1 saturated carbocycles. The van der Waals surface area contributed by atoms with Crippen LogP contribution in [0.4, 0.5) is 5.69 Å². The second-order valence-corrected chi connectivity index (χ2v) is 6.55. The second-order valence-electron chi connectivity index (χ2n) is 6.55. The number of hydrogen-bond donors (Lipinski definition) is 2. The summed E-state index contributed by atoms with van der Waals surface area (Å²) in [6.07, 6.45) is 6.80. The number of amidine groups is 1. The van der Waals surface area contributed by atoms with Gasteiger partial charge in [0.2, 0.25) is 0 Å². The Morgan fingerprint density at radius 3 is 2.76 bits per heavy atom. The molecule has 4 nitrogen and oxygen atoms in total. The molecule has 1 saturated heterocycles. The van der Waals surface area contributed by atoms with Crippen LogP contribution in [0, 0.1) is 18.8 Å². The Morgan fingerprint density at radius 1 is 1.24 bits per heavy atom. The van der Waals surface area contributed by atoms with Gasteiger partial charge < -0.3 is 15.8 Å². The number of aryl methyl sites for hydroxylation is 1. The first-order chi connectivity index (χ1) is 10.2. The van der Waals surface area contributed by atoms with E-state index in [0.29, 0.717) is 0 Å². The maximum atomic E-state index is 9.01. The van der Waals surface area contributed by atoms with E-state index >= 15 is 0 Å². The molecule has 2 aliphatic rings. The highest BCUT2D eigenvalue weighted by molar-refractivity contribution is 6.02. The lowest BCUT2D eigenvalue weighted by Gasteiger charge is -2.42. The van der Waals surface area contributed by atoms with Crippen molar-refractivity contribution in [3.05, 3.63) is 29.3 Å². The van der Waals surface area contributed by atoms with E-state index < -0.39 is 0 Å². The van der Waals surface area contributed by atoms with E-state index in [1.807, 2.05) is 12.1 Å². The molecule has 2 atom stereocenters. The molecule has 3 rings (SSSR count). The third kappa shape index (κ3) is 2.85. The van der Waals surface area contributed by atoms with Gasteiger partial charge in [0, 0.05) is 24.3 Å². The summed E-state index contributed by atoms with van der Waals surface area (Å²) in [4.78, 5) is 2.44. The van der Waals surface area contributed by atoms with E-state index in [-0.39, 0.29) is 5.84 Å². The zero-order chi connectivity index (χ0) is 14.8. The summed E-state index contributed by atoms with van der Waals surface area (Å²) in [6.45, 7) is 4.28. The predicted molar refractivity (Wildman–Crippen MR) is 86.0 cm³/mol. The van der Waals surface area contributed by atoms with Crippen LogP contribution in [0.5, 0.6) is 0 Å². The minimum absolute atomic E-state index is 0.204.